The highest BCUT2D eigenvalue weighted by atomic mass is 33.1. The molecule has 0 bridgehead atoms. The third-order valence-electron chi connectivity index (χ3n) is 1.67. The SMILES string of the molecule is CN(C)c1ccc(N)c(SS(=O)[O-])c1. The largest absolute Gasteiger partial charge is 0.763 e. The molecule has 0 aromatic heterocycles. The summed E-state index contributed by atoms with van der Waals surface area (Å²) < 4.78 is 21.0. The highest BCUT2D eigenvalue weighted by Crippen LogP contribution is 2.30. The lowest BCUT2D eigenvalue weighted by Crippen LogP contribution is -2.08. The maximum atomic E-state index is 10.5. The van der Waals surface area contributed by atoms with Crippen LogP contribution in [-0.4, -0.2) is 22.9 Å². The van der Waals surface area contributed by atoms with Gasteiger partial charge in [-0.1, -0.05) is 0 Å². The Morgan fingerprint density at radius 1 is 1.50 bits per heavy atom. The van der Waals surface area contributed by atoms with E-state index in [1.54, 1.807) is 12.1 Å². The monoisotopic (exact) mass is 231 g/mol. The number of anilines is 2. The molecule has 14 heavy (non-hydrogen) atoms. The van der Waals surface area contributed by atoms with Crippen molar-refractivity contribution in [1.82, 2.24) is 0 Å². The van der Waals surface area contributed by atoms with E-state index in [1.165, 1.54) is 0 Å². The first-order valence-corrected chi connectivity index (χ1v) is 6.26. The van der Waals surface area contributed by atoms with Crippen molar-refractivity contribution in [3.63, 3.8) is 0 Å². The van der Waals surface area contributed by atoms with Gasteiger partial charge in [0.15, 0.2) is 0 Å². The van der Waals surface area contributed by atoms with E-state index < -0.39 is 10.1 Å². The predicted octanol–water partition coefficient (Wildman–Crippen LogP) is 1.22. The van der Waals surface area contributed by atoms with Gasteiger partial charge in [-0.05, 0) is 29.0 Å². The summed E-state index contributed by atoms with van der Waals surface area (Å²) in [5, 5.41) is 0. The van der Waals surface area contributed by atoms with Crippen LogP contribution in [0.1, 0.15) is 0 Å². The summed E-state index contributed by atoms with van der Waals surface area (Å²) in [6, 6.07) is 5.29. The summed E-state index contributed by atoms with van der Waals surface area (Å²) in [6.07, 6.45) is 0. The van der Waals surface area contributed by atoms with Crippen LogP contribution in [0.3, 0.4) is 0 Å². The van der Waals surface area contributed by atoms with Crippen molar-refractivity contribution in [2.45, 2.75) is 4.90 Å². The topological polar surface area (TPSA) is 69.4 Å². The summed E-state index contributed by atoms with van der Waals surface area (Å²) in [5.41, 5.74) is 7.03. The van der Waals surface area contributed by atoms with Gasteiger partial charge in [-0.2, -0.15) is 0 Å². The molecule has 0 radical (unpaired) electrons. The van der Waals surface area contributed by atoms with Gasteiger partial charge in [0.2, 0.25) is 0 Å². The molecule has 0 fully saturated rings. The van der Waals surface area contributed by atoms with Crippen molar-refractivity contribution in [3.8, 4) is 0 Å². The third-order valence-corrected chi connectivity index (χ3v) is 3.29. The van der Waals surface area contributed by atoms with Gasteiger partial charge < -0.3 is 15.2 Å². The van der Waals surface area contributed by atoms with Crippen LogP contribution in [0.2, 0.25) is 0 Å². The summed E-state index contributed by atoms with van der Waals surface area (Å²) in [6.45, 7) is 0. The Labute approximate surface area is 89.2 Å². The van der Waals surface area contributed by atoms with Crippen LogP contribution in [0.15, 0.2) is 23.1 Å². The molecular weight excluding hydrogens is 220 g/mol. The van der Waals surface area contributed by atoms with E-state index >= 15 is 0 Å². The van der Waals surface area contributed by atoms with Crippen molar-refractivity contribution in [1.29, 1.82) is 0 Å². The number of hydrogen-bond donors (Lipinski definition) is 1. The van der Waals surface area contributed by atoms with E-state index in [0.29, 0.717) is 10.6 Å². The third kappa shape index (κ3) is 2.90. The number of hydrogen-bond acceptors (Lipinski definition) is 5. The highest BCUT2D eigenvalue weighted by Gasteiger charge is 2.03. The van der Waals surface area contributed by atoms with Gasteiger partial charge in [-0.25, -0.2) is 0 Å². The summed E-state index contributed by atoms with van der Waals surface area (Å²) >= 11 is 0. The van der Waals surface area contributed by atoms with Crippen LogP contribution in [-0.2, 0) is 10.1 Å². The van der Waals surface area contributed by atoms with E-state index in [1.807, 2.05) is 25.1 Å². The molecule has 0 aliphatic heterocycles. The van der Waals surface area contributed by atoms with E-state index in [4.69, 9.17) is 5.73 Å². The molecular formula is C8H11N2O2S2-. The minimum absolute atomic E-state index is 0.477. The second kappa shape index (κ2) is 4.68. The number of rotatable bonds is 3. The molecule has 1 atom stereocenters. The van der Waals surface area contributed by atoms with Crippen molar-refractivity contribution < 1.29 is 8.76 Å². The second-order valence-electron chi connectivity index (χ2n) is 2.90. The Bertz CT molecular complexity index is 355. The molecule has 0 amide bonds. The van der Waals surface area contributed by atoms with Crippen LogP contribution < -0.4 is 10.6 Å². The Balaban J connectivity index is 3.02. The van der Waals surface area contributed by atoms with E-state index in [2.05, 4.69) is 0 Å². The fourth-order valence-corrected chi connectivity index (χ4v) is 2.30. The molecule has 0 saturated heterocycles. The molecule has 1 rings (SSSR count). The van der Waals surface area contributed by atoms with Crippen LogP contribution in [0.25, 0.3) is 0 Å². The average molecular weight is 231 g/mol. The van der Waals surface area contributed by atoms with Gasteiger partial charge >= 0.3 is 0 Å². The first-order chi connectivity index (χ1) is 6.50. The quantitative estimate of drug-likeness (QED) is 0.481. The minimum Gasteiger partial charge on any atom is -0.763 e. The van der Waals surface area contributed by atoms with Gasteiger partial charge in [0.25, 0.3) is 0 Å². The van der Waals surface area contributed by atoms with Crippen LogP contribution in [0.5, 0.6) is 0 Å². The number of benzene rings is 1. The predicted molar refractivity (Wildman–Crippen MR) is 60.0 cm³/mol. The van der Waals surface area contributed by atoms with E-state index in [9.17, 15) is 8.76 Å². The van der Waals surface area contributed by atoms with Crippen LogP contribution >= 0.6 is 10.8 Å². The lowest BCUT2D eigenvalue weighted by molar-refractivity contribution is 0.553. The summed E-state index contributed by atoms with van der Waals surface area (Å²) in [5.74, 6) is 0. The Kier molecular flexibility index (Phi) is 3.79. The van der Waals surface area contributed by atoms with Crippen molar-refractivity contribution in [3.05, 3.63) is 18.2 Å². The normalized spacial score (nSPS) is 12.5. The standard InChI is InChI=1S/C8H12N2O2S2/c1-10(2)6-3-4-7(9)8(5-6)13-14(11)12/h3-5H,9H2,1-2H3,(H,11,12)/p-1. The zero-order valence-corrected chi connectivity index (χ0v) is 9.52. The first-order valence-electron chi connectivity index (χ1n) is 3.85. The van der Waals surface area contributed by atoms with Crippen LogP contribution in [0.4, 0.5) is 11.4 Å². The zero-order chi connectivity index (χ0) is 10.7. The number of nitrogens with zero attached hydrogens (tertiary/aromatic N) is 1. The lowest BCUT2D eigenvalue weighted by atomic mass is 10.3. The fraction of sp³-hybridized carbons (Fsp3) is 0.250. The molecule has 1 aromatic carbocycles. The molecule has 0 heterocycles. The lowest BCUT2D eigenvalue weighted by Gasteiger charge is -2.15. The molecule has 6 heteroatoms. The molecule has 1 unspecified atom stereocenters. The maximum Gasteiger partial charge on any atom is 0.0462 e. The Hall–Kier alpha value is -0.720. The van der Waals surface area contributed by atoms with Crippen molar-refractivity contribution in [2.75, 3.05) is 24.7 Å². The molecule has 0 aliphatic carbocycles. The van der Waals surface area contributed by atoms with Crippen molar-refractivity contribution >= 4 is 32.3 Å². The first kappa shape index (κ1) is 11.4. The molecule has 78 valence electrons. The molecule has 0 saturated carbocycles. The smallest absolute Gasteiger partial charge is 0.0462 e. The zero-order valence-electron chi connectivity index (χ0n) is 7.89. The van der Waals surface area contributed by atoms with Gasteiger partial charge in [-0.15, -0.1) is 0 Å². The summed E-state index contributed by atoms with van der Waals surface area (Å²) in [4.78, 5) is 2.45. The fourth-order valence-electron chi connectivity index (χ4n) is 0.947. The number of nitrogen functional groups attached to an aromatic ring is 1. The Morgan fingerprint density at radius 2 is 2.14 bits per heavy atom. The van der Waals surface area contributed by atoms with Gasteiger partial charge in [0.05, 0.1) is 0 Å². The summed E-state index contributed by atoms with van der Waals surface area (Å²) in [7, 11) is 2.31. The average Bonchev–Trinajstić information content (AvgIpc) is 2.07. The minimum atomic E-state index is -2.18. The number of nitrogens with two attached hydrogens (primary N) is 1. The Morgan fingerprint density at radius 3 is 2.64 bits per heavy atom. The highest BCUT2D eigenvalue weighted by molar-refractivity contribution is 8.67. The molecule has 1 aromatic rings. The van der Waals surface area contributed by atoms with Gasteiger partial charge in [-0.3, -0.25) is 4.21 Å². The van der Waals surface area contributed by atoms with E-state index in [-0.39, 0.29) is 0 Å². The second-order valence-corrected chi connectivity index (χ2v) is 5.24. The molecule has 4 nitrogen and oxygen atoms in total. The van der Waals surface area contributed by atoms with Crippen molar-refractivity contribution in [2.24, 2.45) is 0 Å². The molecule has 0 spiro atoms. The van der Waals surface area contributed by atoms with Gasteiger partial charge in [0, 0.05) is 40.5 Å². The molecule has 0 aliphatic rings. The maximum absolute atomic E-state index is 10.5. The van der Waals surface area contributed by atoms with Gasteiger partial charge in [0.1, 0.15) is 0 Å². The van der Waals surface area contributed by atoms with Crippen LogP contribution in [0, 0.1) is 0 Å². The van der Waals surface area contributed by atoms with E-state index in [0.717, 1.165) is 16.5 Å². The molecule has 2 N–H and O–H groups in total.